The van der Waals surface area contributed by atoms with Crippen LogP contribution < -0.4 is 21.7 Å². The normalized spacial score (nSPS) is 15.2. The Bertz CT molecular complexity index is 2080. The minimum Gasteiger partial charge on any atom is -0.453 e. The molecule has 4 aromatic rings. The molecule has 4 aromatic carbocycles. The highest BCUT2D eigenvalue weighted by Gasteiger charge is 2.36. The Kier molecular flexibility index (Phi) is 19.3. The average molecular weight is 943 g/mol. The summed E-state index contributed by atoms with van der Waals surface area (Å²) in [6.07, 6.45) is 2.45. The van der Waals surface area contributed by atoms with Crippen molar-refractivity contribution >= 4 is 101 Å². The van der Waals surface area contributed by atoms with Crippen molar-refractivity contribution in [3.8, 4) is 0 Å². The van der Waals surface area contributed by atoms with Gasteiger partial charge in [0.05, 0.1) is 14.2 Å². The number of nitrogens with two attached hydrogens (primary N) is 1. The molecule has 0 radical (unpaired) electrons. The maximum absolute atomic E-state index is 12.8. The molecule has 2 heterocycles. The van der Waals surface area contributed by atoms with E-state index in [9.17, 15) is 24.0 Å². The third-order valence-corrected chi connectivity index (χ3v) is 10.4. The predicted octanol–water partition coefficient (Wildman–Crippen LogP) is 6.87. The van der Waals surface area contributed by atoms with Gasteiger partial charge in [-0.15, -0.1) is 0 Å². The molecule has 15 nitrogen and oxygen atoms in total. The van der Waals surface area contributed by atoms with E-state index in [1.165, 1.54) is 29.9 Å². The van der Waals surface area contributed by atoms with Crippen molar-refractivity contribution in [2.75, 3.05) is 44.9 Å². The maximum atomic E-state index is 12.8. The van der Waals surface area contributed by atoms with Gasteiger partial charge in [-0.3, -0.25) is 14.4 Å². The Balaban J connectivity index is 0.000000252. The second kappa shape index (κ2) is 23.8. The summed E-state index contributed by atoms with van der Waals surface area (Å²) in [4.78, 5) is 79.6. The molecule has 2 fully saturated rings. The molecule has 59 heavy (non-hydrogen) atoms. The zero-order valence-corrected chi connectivity index (χ0v) is 36.8. The fourth-order valence-electron chi connectivity index (χ4n) is 6.44. The summed E-state index contributed by atoms with van der Waals surface area (Å²) < 4.78 is 11.1. The van der Waals surface area contributed by atoms with Gasteiger partial charge in [0, 0.05) is 40.0 Å². The number of rotatable bonds is 7. The summed E-state index contributed by atoms with van der Waals surface area (Å²) in [5, 5.41) is 12.4. The lowest BCUT2D eigenvalue weighted by atomic mass is 10.0. The molecule has 3 atom stereocenters. The summed E-state index contributed by atoms with van der Waals surface area (Å²) >= 11 is 6.87. The second-order valence-electron chi connectivity index (χ2n) is 14.0. The highest BCUT2D eigenvalue weighted by Crippen LogP contribution is 2.25. The highest BCUT2D eigenvalue weighted by atomic mass is 79.9. The fraction of sp³-hybridized carbons (Fsp3) is 0.381. The summed E-state index contributed by atoms with van der Waals surface area (Å²) in [6, 6.07) is 21.9. The van der Waals surface area contributed by atoms with E-state index >= 15 is 0 Å². The number of carbonyl (C=O) groups excluding carboxylic acids is 7. The molecular weight excluding hydrogens is 892 g/mol. The topological polar surface area (TPSA) is 207 Å². The lowest BCUT2D eigenvalue weighted by molar-refractivity contribution is -0.191. The van der Waals surface area contributed by atoms with Crippen molar-refractivity contribution in [2.24, 2.45) is 5.92 Å². The number of carbonyl (C=O) groups is 5. The van der Waals surface area contributed by atoms with E-state index in [1.54, 1.807) is 11.8 Å². The van der Waals surface area contributed by atoms with Crippen LogP contribution in [0.4, 0.5) is 21.0 Å². The minimum atomic E-state index is -0.764. The molecule has 0 aromatic heterocycles. The molecule has 0 aliphatic carbocycles. The first-order valence-electron chi connectivity index (χ1n) is 18.8. The van der Waals surface area contributed by atoms with E-state index in [0.717, 1.165) is 57.8 Å². The Hall–Kier alpha value is -5.51. The van der Waals surface area contributed by atoms with Gasteiger partial charge in [0.2, 0.25) is 17.7 Å². The van der Waals surface area contributed by atoms with Crippen molar-refractivity contribution in [1.82, 2.24) is 20.4 Å². The molecule has 0 spiro atoms. The number of anilines is 2. The number of halogens is 2. The zero-order chi connectivity index (χ0) is 43.6. The number of hydrogen-bond acceptors (Lipinski definition) is 10. The number of amides is 5. The van der Waals surface area contributed by atoms with E-state index in [0.29, 0.717) is 18.7 Å². The Labute approximate surface area is 359 Å². The molecule has 2 aliphatic rings. The number of nitrogen functional groups attached to an aromatic ring is 1. The van der Waals surface area contributed by atoms with Gasteiger partial charge in [-0.05, 0) is 109 Å². The summed E-state index contributed by atoms with van der Waals surface area (Å²) in [6.45, 7) is 7.48. The van der Waals surface area contributed by atoms with Gasteiger partial charge in [-0.1, -0.05) is 70.0 Å². The molecule has 0 saturated carbocycles. The number of likely N-dealkylation sites (tertiary alicyclic amines) is 2. The van der Waals surface area contributed by atoms with Gasteiger partial charge in [0.1, 0.15) is 18.1 Å². The Morgan fingerprint density at radius 3 is 1.78 bits per heavy atom. The van der Waals surface area contributed by atoms with Crippen LogP contribution in [0.15, 0.2) is 81.7 Å². The van der Waals surface area contributed by atoms with E-state index in [2.05, 4.69) is 69.4 Å². The van der Waals surface area contributed by atoms with E-state index in [-0.39, 0.29) is 29.8 Å². The molecule has 1 unspecified atom stereocenters. The van der Waals surface area contributed by atoms with Crippen LogP contribution in [0.1, 0.15) is 46.5 Å². The van der Waals surface area contributed by atoms with Crippen LogP contribution in [0.5, 0.6) is 0 Å². The van der Waals surface area contributed by atoms with Crippen LogP contribution in [0.25, 0.3) is 21.5 Å². The van der Waals surface area contributed by atoms with Gasteiger partial charge in [0.15, 0.2) is 0 Å². The van der Waals surface area contributed by atoms with Gasteiger partial charge in [-0.25, -0.2) is 9.59 Å². The largest absolute Gasteiger partial charge is 0.453 e. The van der Waals surface area contributed by atoms with Crippen LogP contribution in [0.2, 0.25) is 0 Å². The van der Waals surface area contributed by atoms with Gasteiger partial charge < -0.3 is 41.0 Å². The number of nitrogens with one attached hydrogen (secondary N) is 3. The lowest BCUT2D eigenvalue weighted by Crippen LogP contribution is -2.51. The molecule has 2 saturated heterocycles. The first kappa shape index (κ1) is 47.9. The number of benzene rings is 4. The van der Waals surface area contributed by atoms with E-state index < -0.39 is 30.3 Å². The van der Waals surface area contributed by atoms with E-state index in [4.69, 9.17) is 15.3 Å². The predicted molar refractivity (Wildman–Crippen MR) is 231 cm³/mol. The van der Waals surface area contributed by atoms with Crippen LogP contribution >= 0.6 is 31.9 Å². The van der Waals surface area contributed by atoms with Crippen molar-refractivity contribution < 1.29 is 43.0 Å². The summed E-state index contributed by atoms with van der Waals surface area (Å²) in [5.41, 5.74) is 7.14. The zero-order valence-electron chi connectivity index (χ0n) is 33.6. The molecule has 2 aliphatic heterocycles. The summed E-state index contributed by atoms with van der Waals surface area (Å²) in [7, 11) is 2.54. The molecule has 5 amide bonds. The van der Waals surface area contributed by atoms with Crippen LogP contribution in [-0.4, -0.2) is 97.8 Å². The quantitative estimate of drug-likeness (QED) is 0.142. The number of methoxy groups -OCH3 is 2. The van der Waals surface area contributed by atoms with Gasteiger partial charge in [-0.2, -0.15) is 9.59 Å². The Morgan fingerprint density at radius 2 is 1.22 bits per heavy atom. The molecule has 316 valence electrons. The monoisotopic (exact) mass is 940 g/mol. The second-order valence-corrected chi connectivity index (χ2v) is 15.8. The standard InChI is InChI=1S/C20H22BrN3O4.C11H20N2O3.C10H8BrN.CO2/c1-12(22-20(27)28-2)19(26)24-9-3-4-17(24)18(25)23-16-8-6-13-10-15(21)7-5-14(13)11-16;1-8(2)9(12-11(15)16-3)10(14)13-6-4-5-7-13;11-9-3-1-8-6-10(12)4-2-7(8)5-9;2-1-3/h5-8,10-12,17H,3-4,9H2,1-2H3,(H,22,27)(H,23,25);8-9H,4-7H2,1-3H3,(H,12,15);1-6H,12H2;/t12-,17?;9-;;/m00../s1. The van der Waals surface area contributed by atoms with Crippen LogP contribution in [0, 0.1) is 5.92 Å². The summed E-state index contributed by atoms with van der Waals surface area (Å²) in [5.74, 6) is -0.468. The van der Waals surface area contributed by atoms with Crippen molar-refractivity contribution in [3.63, 3.8) is 0 Å². The number of ether oxygens (including phenoxy) is 2. The SMILES string of the molecule is COC(=O)N[C@@H](C)C(=O)N1CCCC1C(=O)Nc1ccc2cc(Br)ccc2c1.COC(=O)N[C@H](C(=O)N1CCCC1)C(C)C.Nc1ccc2cc(Br)ccc2c1.O=C=O. The molecule has 5 N–H and O–H groups in total. The van der Waals surface area contributed by atoms with Crippen LogP contribution in [0.3, 0.4) is 0 Å². The number of hydrogen-bond donors (Lipinski definition) is 4. The molecular formula is C42H50Br2N6O9. The maximum Gasteiger partial charge on any atom is 0.407 e. The number of alkyl carbamates (subject to hydrolysis) is 2. The first-order chi connectivity index (χ1) is 28.1. The highest BCUT2D eigenvalue weighted by molar-refractivity contribution is 9.10. The lowest BCUT2D eigenvalue weighted by Gasteiger charge is -2.27. The third kappa shape index (κ3) is 14.7. The molecule has 17 heteroatoms. The minimum absolute atomic E-state index is 0.00194. The van der Waals surface area contributed by atoms with E-state index in [1.807, 2.05) is 74.5 Å². The average Bonchev–Trinajstić information content (AvgIpc) is 3.94. The fourth-order valence-corrected chi connectivity index (χ4v) is 7.20. The number of nitrogens with zero attached hydrogens (tertiary/aromatic N) is 2. The third-order valence-electron chi connectivity index (χ3n) is 9.43. The van der Waals surface area contributed by atoms with Gasteiger partial charge in [0.25, 0.3) is 0 Å². The molecule has 6 rings (SSSR count). The van der Waals surface area contributed by atoms with Crippen molar-refractivity contribution in [1.29, 1.82) is 0 Å². The van der Waals surface area contributed by atoms with Crippen molar-refractivity contribution in [3.05, 3.63) is 81.7 Å². The van der Waals surface area contributed by atoms with Gasteiger partial charge >= 0.3 is 18.3 Å². The van der Waals surface area contributed by atoms with Crippen LogP contribution in [-0.2, 0) is 33.4 Å². The Morgan fingerprint density at radius 1 is 0.712 bits per heavy atom. The number of fused-ring (bicyclic) bond motifs is 2. The first-order valence-corrected chi connectivity index (χ1v) is 20.4. The van der Waals surface area contributed by atoms with Crippen molar-refractivity contribution in [2.45, 2.75) is 64.6 Å². The smallest absolute Gasteiger partial charge is 0.407 e. The molecule has 0 bridgehead atoms.